The number of pyridine rings is 1. The molecule has 2 N–H and O–H groups in total. The SMILES string of the molecule is Cc1cc(C#N)cnc1OC1C(C)(C)C(NC(=O)c2ccc(N3CCC(CN4CCN(c5ccc6c(c5)C(=O)N(C5CCC(=O)NC5=O)C6=O)CC4)CC3)cc2)C1(C)C. The summed E-state index contributed by atoms with van der Waals surface area (Å²) < 4.78 is 6.41. The third-order valence-electron chi connectivity index (χ3n) is 13.3. The van der Waals surface area contributed by atoms with Crippen molar-refractivity contribution in [2.75, 3.05) is 55.6 Å². The fourth-order valence-electron chi connectivity index (χ4n) is 10.3. The van der Waals surface area contributed by atoms with Crippen molar-refractivity contribution in [1.29, 1.82) is 5.26 Å². The summed E-state index contributed by atoms with van der Waals surface area (Å²) in [5, 5.41) is 14.7. The number of benzene rings is 2. The first-order valence-electron chi connectivity index (χ1n) is 20.7. The highest BCUT2D eigenvalue weighted by Crippen LogP contribution is 2.55. The summed E-state index contributed by atoms with van der Waals surface area (Å²) in [6, 6.07) is 16.0. The Kier molecular flexibility index (Phi) is 10.4. The van der Waals surface area contributed by atoms with Gasteiger partial charge in [-0.2, -0.15) is 5.26 Å². The van der Waals surface area contributed by atoms with Crippen molar-refractivity contribution >= 4 is 40.9 Å². The molecule has 1 unspecified atom stereocenters. The van der Waals surface area contributed by atoms with Gasteiger partial charge in [0.05, 0.1) is 16.7 Å². The van der Waals surface area contributed by atoms with Crippen LogP contribution in [0, 0.1) is 35.0 Å². The number of ether oxygens (including phenoxy) is 1. The Morgan fingerprint density at radius 2 is 1.51 bits per heavy atom. The van der Waals surface area contributed by atoms with E-state index in [0.717, 1.165) is 80.5 Å². The summed E-state index contributed by atoms with van der Waals surface area (Å²) in [7, 11) is 0. The zero-order valence-corrected chi connectivity index (χ0v) is 34.4. The van der Waals surface area contributed by atoms with E-state index < -0.39 is 29.7 Å². The van der Waals surface area contributed by atoms with Crippen molar-refractivity contribution in [1.82, 2.24) is 25.4 Å². The Balaban J connectivity index is 0.791. The van der Waals surface area contributed by atoms with Crippen LogP contribution in [-0.2, 0) is 9.59 Å². The molecule has 3 saturated heterocycles. The number of carbonyl (C=O) groups is 5. The first-order chi connectivity index (χ1) is 28.1. The lowest BCUT2D eigenvalue weighted by molar-refractivity contribution is -0.165. The van der Waals surface area contributed by atoms with Gasteiger partial charge in [-0.05, 0) is 80.6 Å². The number of piperidine rings is 2. The van der Waals surface area contributed by atoms with E-state index >= 15 is 0 Å². The van der Waals surface area contributed by atoms with Crippen LogP contribution < -0.4 is 25.2 Å². The number of aromatic nitrogens is 1. The van der Waals surface area contributed by atoms with E-state index in [0.29, 0.717) is 34.1 Å². The molecule has 2 aromatic carbocycles. The summed E-state index contributed by atoms with van der Waals surface area (Å²) in [6.07, 6.45) is 3.73. The second-order valence-electron chi connectivity index (χ2n) is 17.9. The highest BCUT2D eigenvalue weighted by Gasteiger charge is 2.64. The Labute approximate surface area is 344 Å². The molecule has 4 aliphatic heterocycles. The van der Waals surface area contributed by atoms with Crippen LogP contribution in [0.25, 0.3) is 0 Å². The predicted octanol–water partition coefficient (Wildman–Crippen LogP) is 4.31. The van der Waals surface area contributed by atoms with Gasteiger partial charge >= 0.3 is 0 Å². The topological polar surface area (TPSA) is 168 Å². The second-order valence-corrected chi connectivity index (χ2v) is 17.9. The molecule has 1 aromatic heterocycles. The van der Waals surface area contributed by atoms with Gasteiger partial charge in [-0.25, -0.2) is 4.98 Å². The molecule has 0 bridgehead atoms. The zero-order chi connectivity index (χ0) is 41.8. The van der Waals surface area contributed by atoms with Crippen LogP contribution in [0.1, 0.15) is 95.6 Å². The number of carbonyl (C=O) groups excluding carboxylic acids is 5. The van der Waals surface area contributed by atoms with E-state index in [9.17, 15) is 29.2 Å². The molecule has 14 heteroatoms. The zero-order valence-electron chi connectivity index (χ0n) is 34.4. The Bertz CT molecular complexity index is 2220. The van der Waals surface area contributed by atoms with Crippen LogP contribution in [-0.4, -0.2) is 108 Å². The number of aryl methyl sites for hydroxylation is 1. The van der Waals surface area contributed by atoms with Gasteiger partial charge in [-0.1, -0.05) is 27.7 Å². The Hall–Kier alpha value is -5.81. The summed E-state index contributed by atoms with van der Waals surface area (Å²) >= 11 is 0. The number of piperazine rings is 1. The molecule has 4 fully saturated rings. The number of imide groups is 2. The molecule has 0 spiro atoms. The normalized spacial score (nSPS) is 24.3. The van der Waals surface area contributed by atoms with Crippen LogP contribution in [0.4, 0.5) is 11.4 Å². The van der Waals surface area contributed by atoms with Crippen molar-refractivity contribution in [3.8, 4) is 11.9 Å². The van der Waals surface area contributed by atoms with Crippen molar-refractivity contribution in [2.24, 2.45) is 16.7 Å². The van der Waals surface area contributed by atoms with Crippen LogP contribution in [0.2, 0.25) is 0 Å². The third kappa shape index (κ3) is 7.41. The van der Waals surface area contributed by atoms with E-state index in [4.69, 9.17) is 4.74 Å². The van der Waals surface area contributed by atoms with E-state index in [-0.39, 0.29) is 41.7 Å². The molecule has 5 amide bonds. The maximum Gasteiger partial charge on any atom is 0.262 e. The van der Waals surface area contributed by atoms with Gasteiger partial charge in [-0.3, -0.25) is 39.1 Å². The number of hydrogen-bond donors (Lipinski definition) is 2. The molecule has 59 heavy (non-hydrogen) atoms. The molecule has 5 heterocycles. The molecule has 0 radical (unpaired) electrons. The molecule has 1 aliphatic carbocycles. The van der Waals surface area contributed by atoms with Crippen LogP contribution in [0.15, 0.2) is 54.7 Å². The molecule has 5 aliphatic rings. The maximum absolute atomic E-state index is 13.5. The summed E-state index contributed by atoms with van der Waals surface area (Å²) in [5.74, 6) is -0.986. The standard InChI is InChI=1S/C45H52N8O6/c1-27-22-29(24-46)25-47-39(27)59-43-44(2,3)42(45(43,4)5)49-37(55)30-6-8-31(9-7-30)51-16-14-28(15-17-51)26-50-18-20-52(21-19-50)32-10-11-33-34(23-32)41(58)53(40(33)57)35-12-13-36(54)48-38(35)56/h6-11,22-23,25,28,35,42-43H,12-21,26H2,1-5H3,(H,49,55)(H,48,54,56). The van der Waals surface area contributed by atoms with Gasteiger partial charge < -0.3 is 19.9 Å². The number of fused-ring (bicyclic) bond motifs is 1. The number of anilines is 2. The number of amides is 5. The number of nitrogens with one attached hydrogen (secondary N) is 2. The smallest absolute Gasteiger partial charge is 0.262 e. The summed E-state index contributed by atoms with van der Waals surface area (Å²) in [5.41, 5.74) is 3.82. The van der Waals surface area contributed by atoms with Crippen molar-refractivity contribution in [3.63, 3.8) is 0 Å². The van der Waals surface area contributed by atoms with Crippen LogP contribution >= 0.6 is 0 Å². The highest BCUT2D eigenvalue weighted by molar-refractivity contribution is 6.23. The van der Waals surface area contributed by atoms with Gasteiger partial charge in [0, 0.05) is 97.8 Å². The Morgan fingerprint density at radius 3 is 2.15 bits per heavy atom. The largest absolute Gasteiger partial charge is 0.473 e. The van der Waals surface area contributed by atoms with Crippen LogP contribution in [0.5, 0.6) is 5.88 Å². The monoisotopic (exact) mass is 800 g/mol. The number of nitrogens with zero attached hydrogens (tertiary/aromatic N) is 6. The van der Waals surface area contributed by atoms with Crippen molar-refractivity contribution in [3.05, 3.63) is 82.5 Å². The summed E-state index contributed by atoms with van der Waals surface area (Å²) in [4.78, 5) is 76.6. The van der Waals surface area contributed by atoms with E-state index in [1.54, 1.807) is 18.2 Å². The van der Waals surface area contributed by atoms with Gasteiger partial charge in [0.1, 0.15) is 18.2 Å². The summed E-state index contributed by atoms with van der Waals surface area (Å²) in [6.45, 7) is 16.6. The lowest BCUT2D eigenvalue weighted by Gasteiger charge is -2.62. The minimum Gasteiger partial charge on any atom is -0.473 e. The number of hydrogen-bond acceptors (Lipinski definition) is 11. The van der Waals surface area contributed by atoms with E-state index in [1.807, 2.05) is 37.3 Å². The minimum absolute atomic E-state index is 0.0912. The molecule has 8 rings (SSSR count). The molecule has 3 aromatic rings. The Morgan fingerprint density at radius 1 is 0.864 bits per heavy atom. The molecule has 1 atom stereocenters. The fourth-order valence-corrected chi connectivity index (χ4v) is 10.3. The first-order valence-corrected chi connectivity index (χ1v) is 20.7. The van der Waals surface area contributed by atoms with Gasteiger partial charge in [-0.15, -0.1) is 0 Å². The average Bonchev–Trinajstić information content (AvgIpc) is 3.47. The second kappa shape index (κ2) is 15.4. The van der Waals surface area contributed by atoms with Gasteiger partial charge in [0.15, 0.2) is 0 Å². The van der Waals surface area contributed by atoms with Crippen molar-refractivity contribution in [2.45, 2.75) is 78.5 Å². The van der Waals surface area contributed by atoms with Crippen molar-refractivity contribution < 1.29 is 28.7 Å². The predicted molar refractivity (Wildman–Crippen MR) is 220 cm³/mol. The lowest BCUT2D eigenvalue weighted by Crippen LogP contribution is -2.74. The molecular weight excluding hydrogens is 749 g/mol. The molecular formula is C45H52N8O6. The van der Waals surface area contributed by atoms with Gasteiger partial charge in [0.25, 0.3) is 17.7 Å². The maximum atomic E-state index is 13.5. The fraction of sp³-hybridized carbons (Fsp3) is 0.489. The third-order valence-corrected chi connectivity index (χ3v) is 13.3. The van der Waals surface area contributed by atoms with E-state index in [2.05, 4.69) is 64.1 Å². The van der Waals surface area contributed by atoms with Crippen LogP contribution in [0.3, 0.4) is 0 Å². The van der Waals surface area contributed by atoms with E-state index in [1.165, 1.54) is 6.20 Å². The molecule has 14 nitrogen and oxygen atoms in total. The first kappa shape index (κ1) is 40.0. The molecule has 308 valence electrons. The average molecular weight is 801 g/mol. The van der Waals surface area contributed by atoms with Gasteiger partial charge in [0.2, 0.25) is 17.7 Å². The highest BCUT2D eigenvalue weighted by atomic mass is 16.5. The number of rotatable bonds is 9. The minimum atomic E-state index is -0.974. The lowest BCUT2D eigenvalue weighted by atomic mass is 9.49. The number of nitriles is 1. The molecule has 1 saturated carbocycles. The quantitative estimate of drug-likeness (QED) is 0.296.